The minimum atomic E-state index is -0.250. The molecule has 5 saturated carbocycles. The minimum Gasteiger partial charge on any atom is -0.483 e. The zero-order valence-corrected chi connectivity index (χ0v) is 22.6. The molecular weight excluding hydrogens is 436 g/mol. The number of carbonyl (C=O) groups is 1. The van der Waals surface area contributed by atoms with E-state index in [2.05, 4.69) is 9.80 Å². The fraction of sp³-hybridized carbons (Fsp3) is 0.967. The number of carboxylic acid groups (broad SMARTS) is 1. The second-order valence-electron chi connectivity index (χ2n) is 12.6. The predicted molar refractivity (Wildman–Crippen MR) is 140 cm³/mol. The van der Waals surface area contributed by atoms with Crippen LogP contribution in [0.2, 0.25) is 0 Å². The van der Waals surface area contributed by atoms with Gasteiger partial charge in [-0.3, -0.25) is 9.69 Å². The molecule has 1 spiro atoms. The van der Waals surface area contributed by atoms with E-state index in [4.69, 9.17) is 14.6 Å². The summed E-state index contributed by atoms with van der Waals surface area (Å²) in [4.78, 5) is 14.1. The maximum absolute atomic E-state index is 8.36. The second kappa shape index (κ2) is 11.4. The van der Waals surface area contributed by atoms with Crippen LogP contribution in [-0.4, -0.2) is 72.9 Å². The van der Waals surface area contributed by atoms with Crippen molar-refractivity contribution in [2.24, 2.45) is 40.9 Å². The Labute approximate surface area is 214 Å². The number of rotatable bonds is 2. The van der Waals surface area contributed by atoms with Gasteiger partial charge in [0.2, 0.25) is 0 Å². The van der Waals surface area contributed by atoms with Gasteiger partial charge in [0.25, 0.3) is 6.47 Å². The third-order valence-electron chi connectivity index (χ3n) is 11.7. The first-order valence-corrected chi connectivity index (χ1v) is 15.4. The maximum Gasteiger partial charge on any atom is 0.290 e. The van der Waals surface area contributed by atoms with Crippen molar-refractivity contribution < 1.29 is 14.6 Å². The molecule has 0 bridgehead atoms. The van der Waals surface area contributed by atoms with E-state index in [0.717, 1.165) is 66.2 Å². The number of likely N-dealkylation sites (tertiary alicyclic amines) is 1. The third kappa shape index (κ3) is 4.83. The average molecular weight is 489 g/mol. The van der Waals surface area contributed by atoms with E-state index in [-0.39, 0.29) is 6.47 Å². The summed E-state index contributed by atoms with van der Waals surface area (Å²) in [5.41, 5.74) is 0.828. The summed E-state index contributed by atoms with van der Waals surface area (Å²) in [6.07, 6.45) is 18.6. The first-order chi connectivity index (χ1) is 17.2. The number of hydrogen-bond acceptors (Lipinski definition) is 4. The molecule has 2 heterocycles. The van der Waals surface area contributed by atoms with Gasteiger partial charge in [0.1, 0.15) is 0 Å². The lowest BCUT2D eigenvalue weighted by atomic mass is 9.52. The van der Waals surface area contributed by atoms with E-state index in [1.54, 1.807) is 38.5 Å². The van der Waals surface area contributed by atoms with Gasteiger partial charge in [-0.15, -0.1) is 0 Å². The number of nitrogens with zero attached hydrogens (tertiary/aromatic N) is 2. The molecule has 7 rings (SSSR count). The number of hydrogen-bond donors (Lipinski definition) is 1. The molecule has 1 N–H and O–H groups in total. The van der Waals surface area contributed by atoms with Gasteiger partial charge in [-0.2, -0.15) is 0 Å². The van der Waals surface area contributed by atoms with Gasteiger partial charge >= 0.3 is 0 Å². The summed E-state index contributed by atoms with van der Waals surface area (Å²) in [6, 6.07) is 1.86. The monoisotopic (exact) mass is 488 g/mol. The Balaban J connectivity index is 0.000000474. The van der Waals surface area contributed by atoms with Crippen LogP contribution in [0.15, 0.2) is 0 Å². The highest BCUT2D eigenvalue weighted by molar-refractivity contribution is 5.32. The van der Waals surface area contributed by atoms with Crippen LogP contribution in [0.4, 0.5) is 0 Å². The molecule has 35 heavy (non-hydrogen) atoms. The van der Waals surface area contributed by atoms with Crippen molar-refractivity contribution in [3.8, 4) is 0 Å². The lowest BCUT2D eigenvalue weighted by Gasteiger charge is -2.55. The van der Waals surface area contributed by atoms with Crippen molar-refractivity contribution in [3.05, 3.63) is 0 Å². The Kier molecular flexibility index (Phi) is 8.46. The number of ether oxygens (including phenoxy) is 1. The Bertz CT molecular complexity index is 691. The van der Waals surface area contributed by atoms with Gasteiger partial charge in [-0.25, -0.2) is 0 Å². The van der Waals surface area contributed by atoms with Crippen LogP contribution in [0.3, 0.4) is 0 Å². The summed E-state index contributed by atoms with van der Waals surface area (Å²) in [6.45, 7) is 10.9. The molecule has 9 atom stereocenters. The zero-order chi connectivity index (χ0) is 24.4. The summed E-state index contributed by atoms with van der Waals surface area (Å²) in [5, 5.41) is 6.89. The van der Waals surface area contributed by atoms with Crippen LogP contribution in [0.1, 0.15) is 90.9 Å². The molecule has 200 valence electrons. The van der Waals surface area contributed by atoms with Crippen LogP contribution >= 0.6 is 0 Å². The Morgan fingerprint density at radius 3 is 2.26 bits per heavy atom. The first-order valence-electron chi connectivity index (χ1n) is 15.4. The molecule has 5 nitrogen and oxygen atoms in total. The van der Waals surface area contributed by atoms with Gasteiger partial charge in [0.15, 0.2) is 0 Å². The smallest absolute Gasteiger partial charge is 0.290 e. The van der Waals surface area contributed by atoms with Gasteiger partial charge in [-0.05, 0) is 125 Å². The van der Waals surface area contributed by atoms with Crippen LogP contribution in [-0.2, 0) is 9.53 Å². The molecule has 9 unspecified atom stereocenters. The fourth-order valence-electron chi connectivity index (χ4n) is 10.4. The van der Waals surface area contributed by atoms with Gasteiger partial charge in [-0.1, -0.05) is 20.3 Å². The van der Waals surface area contributed by atoms with Gasteiger partial charge in [0.05, 0.1) is 13.2 Å². The lowest BCUT2D eigenvalue weighted by Crippen LogP contribution is -2.51. The minimum absolute atomic E-state index is 0.250. The second-order valence-corrected chi connectivity index (χ2v) is 12.6. The maximum atomic E-state index is 8.36. The lowest BCUT2D eigenvalue weighted by molar-refractivity contribution is -0.122. The van der Waals surface area contributed by atoms with Crippen molar-refractivity contribution in [2.45, 2.75) is 103 Å². The van der Waals surface area contributed by atoms with Crippen LogP contribution < -0.4 is 0 Å². The molecule has 5 heteroatoms. The number of piperidine rings is 1. The normalized spacial score (nSPS) is 46.8. The largest absolute Gasteiger partial charge is 0.483 e. The van der Waals surface area contributed by atoms with E-state index in [0.29, 0.717) is 0 Å². The van der Waals surface area contributed by atoms with Gasteiger partial charge in [0, 0.05) is 25.2 Å². The van der Waals surface area contributed by atoms with Crippen LogP contribution in [0.25, 0.3) is 0 Å². The third-order valence-corrected chi connectivity index (χ3v) is 11.7. The first kappa shape index (κ1) is 26.0. The molecule has 2 aliphatic heterocycles. The Morgan fingerprint density at radius 1 is 0.800 bits per heavy atom. The van der Waals surface area contributed by atoms with Crippen molar-refractivity contribution in [1.82, 2.24) is 9.80 Å². The van der Waals surface area contributed by atoms with Crippen LogP contribution in [0, 0.1) is 40.9 Å². The molecule has 7 fully saturated rings. The number of fused-ring (bicyclic) bond motifs is 4. The highest BCUT2D eigenvalue weighted by atomic mass is 16.5. The van der Waals surface area contributed by atoms with Crippen molar-refractivity contribution in [3.63, 3.8) is 0 Å². The average Bonchev–Trinajstić information content (AvgIpc) is 3.54. The van der Waals surface area contributed by atoms with Gasteiger partial charge < -0.3 is 14.7 Å². The van der Waals surface area contributed by atoms with Crippen molar-refractivity contribution >= 4 is 6.47 Å². The summed E-state index contributed by atoms with van der Waals surface area (Å²) < 4.78 is 5.66. The van der Waals surface area contributed by atoms with Crippen molar-refractivity contribution in [1.29, 1.82) is 0 Å². The molecule has 0 radical (unpaired) electrons. The molecule has 0 aromatic carbocycles. The van der Waals surface area contributed by atoms with E-state index < -0.39 is 0 Å². The highest BCUT2D eigenvalue weighted by Crippen LogP contribution is 2.76. The molecule has 0 aromatic heterocycles. The van der Waals surface area contributed by atoms with E-state index >= 15 is 0 Å². The summed E-state index contributed by atoms with van der Waals surface area (Å²) in [5.74, 6) is 6.54. The molecule has 0 aromatic rings. The van der Waals surface area contributed by atoms with Crippen LogP contribution in [0.5, 0.6) is 0 Å². The SMILES string of the molecule is C1CCN(C2CC3C4CCC5CCC(N6CCOCC6)CC5C4CCC34CC24)CC1.CC.O=CO. The zero-order valence-electron chi connectivity index (χ0n) is 22.6. The summed E-state index contributed by atoms with van der Waals surface area (Å²) >= 11 is 0. The topological polar surface area (TPSA) is 53.0 Å². The summed E-state index contributed by atoms with van der Waals surface area (Å²) in [7, 11) is 0. The standard InChI is InChI=1S/C27H44N2O.C2H6.CH2O2/c1-2-10-29(11-3-1)26-17-24-22-7-5-19-4-6-20(28-12-14-30-15-13-28)16-23(19)21(22)8-9-27(24)18-25(26)27;1-2;2-1-3/h19-26H,1-18H2;1-2H3;1H,(H,2,3). The Morgan fingerprint density at radius 2 is 1.51 bits per heavy atom. The fourth-order valence-corrected chi connectivity index (χ4v) is 10.4. The molecule has 2 saturated heterocycles. The quantitative estimate of drug-likeness (QED) is 0.518. The van der Waals surface area contributed by atoms with E-state index in [9.17, 15) is 0 Å². The molecular formula is C30H52N2O3. The molecule has 7 aliphatic rings. The Hall–Kier alpha value is -0.650. The predicted octanol–water partition coefficient (Wildman–Crippen LogP) is 5.53. The number of morpholine rings is 1. The van der Waals surface area contributed by atoms with E-state index in [1.165, 1.54) is 64.7 Å². The van der Waals surface area contributed by atoms with E-state index in [1.807, 2.05) is 13.8 Å². The van der Waals surface area contributed by atoms with Crippen molar-refractivity contribution in [2.75, 3.05) is 39.4 Å². The molecule has 5 aliphatic carbocycles. The highest BCUT2D eigenvalue weighted by Gasteiger charge is 2.71. The molecule has 0 amide bonds.